The number of hydrogen-bond donors (Lipinski definition) is 0. The van der Waals surface area contributed by atoms with Crippen molar-refractivity contribution in [2.24, 2.45) is 0 Å². The Morgan fingerprint density at radius 2 is 2.31 bits per heavy atom. The van der Waals surface area contributed by atoms with Gasteiger partial charge in [-0.15, -0.1) is 5.10 Å². The standard InChI is InChI=1S/C18H19N5O3/c24-16-8-13-11-25-6-4-15(13)21-23(16)10-14-2-1-5-22(14)18-17-12(3-7-26-17)9-19-20-18/h3,7-9,14H,1-2,4-6,10-11H2. The Labute approximate surface area is 149 Å². The summed E-state index contributed by atoms with van der Waals surface area (Å²) in [4.78, 5) is 14.7. The third-order valence-corrected chi connectivity index (χ3v) is 5.19. The van der Waals surface area contributed by atoms with Crippen molar-refractivity contribution in [3.63, 3.8) is 0 Å². The van der Waals surface area contributed by atoms with E-state index in [1.165, 1.54) is 0 Å². The largest absolute Gasteiger partial charge is 0.460 e. The molecule has 3 aromatic heterocycles. The first-order valence-corrected chi connectivity index (χ1v) is 8.93. The Bertz CT molecular complexity index is 1010. The number of nitrogens with zero attached hydrogens (tertiary/aromatic N) is 5. The van der Waals surface area contributed by atoms with E-state index in [4.69, 9.17) is 9.15 Å². The van der Waals surface area contributed by atoms with Crippen LogP contribution in [0.3, 0.4) is 0 Å². The molecule has 2 aliphatic heterocycles. The number of fused-ring (bicyclic) bond motifs is 2. The molecule has 0 aromatic carbocycles. The first-order valence-electron chi connectivity index (χ1n) is 8.93. The fourth-order valence-corrected chi connectivity index (χ4v) is 3.87. The van der Waals surface area contributed by atoms with Crippen LogP contribution in [-0.4, -0.2) is 39.2 Å². The maximum atomic E-state index is 12.5. The fraction of sp³-hybridized carbons (Fsp3) is 0.444. The van der Waals surface area contributed by atoms with Gasteiger partial charge in [-0.05, 0) is 18.9 Å². The summed E-state index contributed by atoms with van der Waals surface area (Å²) >= 11 is 0. The summed E-state index contributed by atoms with van der Waals surface area (Å²) < 4.78 is 12.6. The van der Waals surface area contributed by atoms with Crippen molar-refractivity contribution in [2.75, 3.05) is 18.1 Å². The summed E-state index contributed by atoms with van der Waals surface area (Å²) in [5.41, 5.74) is 2.54. The van der Waals surface area contributed by atoms with E-state index in [2.05, 4.69) is 20.2 Å². The molecule has 3 aromatic rings. The van der Waals surface area contributed by atoms with E-state index in [-0.39, 0.29) is 11.6 Å². The molecular weight excluding hydrogens is 334 g/mol. The molecule has 8 nitrogen and oxygen atoms in total. The molecule has 1 atom stereocenters. The van der Waals surface area contributed by atoms with Gasteiger partial charge in [-0.3, -0.25) is 4.79 Å². The molecule has 0 amide bonds. The molecule has 5 rings (SSSR count). The SMILES string of the molecule is O=c1cc2c(nn1CC1CCCN1c1nncc3ccoc13)CCOC2. The highest BCUT2D eigenvalue weighted by Gasteiger charge is 2.29. The van der Waals surface area contributed by atoms with Crippen LogP contribution in [0.15, 0.2) is 33.8 Å². The van der Waals surface area contributed by atoms with Crippen molar-refractivity contribution >= 4 is 16.8 Å². The van der Waals surface area contributed by atoms with Crippen molar-refractivity contribution in [3.05, 3.63) is 46.2 Å². The molecule has 2 aliphatic rings. The molecule has 0 saturated carbocycles. The zero-order valence-electron chi connectivity index (χ0n) is 14.3. The van der Waals surface area contributed by atoms with Gasteiger partial charge in [0.25, 0.3) is 5.56 Å². The molecule has 1 fully saturated rings. The minimum Gasteiger partial charge on any atom is -0.460 e. The number of aromatic nitrogens is 4. The van der Waals surface area contributed by atoms with E-state index >= 15 is 0 Å². The lowest BCUT2D eigenvalue weighted by molar-refractivity contribution is 0.108. The van der Waals surface area contributed by atoms with Gasteiger partial charge in [0, 0.05) is 30.0 Å². The highest BCUT2D eigenvalue weighted by Crippen LogP contribution is 2.30. The summed E-state index contributed by atoms with van der Waals surface area (Å²) in [6, 6.07) is 3.69. The highest BCUT2D eigenvalue weighted by molar-refractivity contribution is 5.86. The summed E-state index contributed by atoms with van der Waals surface area (Å²) in [6.45, 7) is 2.53. The average Bonchev–Trinajstić information content (AvgIpc) is 3.31. The fourth-order valence-electron chi connectivity index (χ4n) is 3.87. The van der Waals surface area contributed by atoms with Crippen LogP contribution < -0.4 is 10.5 Å². The van der Waals surface area contributed by atoms with Crippen LogP contribution in [0, 0.1) is 0 Å². The Kier molecular flexibility index (Phi) is 3.70. The van der Waals surface area contributed by atoms with E-state index in [0.717, 1.165) is 53.9 Å². The number of anilines is 1. The van der Waals surface area contributed by atoms with Crippen LogP contribution >= 0.6 is 0 Å². The van der Waals surface area contributed by atoms with Crippen molar-refractivity contribution in [1.29, 1.82) is 0 Å². The highest BCUT2D eigenvalue weighted by atomic mass is 16.5. The van der Waals surface area contributed by atoms with Crippen LogP contribution in [0.2, 0.25) is 0 Å². The number of ether oxygens (including phenoxy) is 1. The summed E-state index contributed by atoms with van der Waals surface area (Å²) in [5.74, 6) is 0.745. The molecule has 0 bridgehead atoms. The normalized spacial score (nSPS) is 19.8. The molecule has 134 valence electrons. The average molecular weight is 353 g/mol. The quantitative estimate of drug-likeness (QED) is 0.705. The number of rotatable bonds is 3. The van der Waals surface area contributed by atoms with E-state index in [0.29, 0.717) is 19.8 Å². The predicted molar refractivity (Wildman–Crippen MR) is 94.0 cm³/mol. The Hall–Kier alpha value is -2.74. The topological polar surface area (TPSA) is 86.3 Å². The summed E-state index contributed by atoms with van der Waals surface area (Å²) in [5, 5.41) is 13.9. The van der Waals surface area contributed by atoms with Gasteiger partial charge in [0.2, 0.25) is 0 Å². The van der Waals surface area contributed by atoms with Crippen LogP contribution in [0.1, 0.15) is 24.1 Å². The van der Waals surface area contributed by atoms with Crippen molar-refractivity contribution in [2.45, 2.75) is 38.5 Å². The van der Waals surface area contributed by atoms with Gasteiger partial charge < -0.3 is 14.1 Å². The molecular formula is C18H19N5O3. The molecule has 0 spiro atoms. The van der Waals surface area contributed by atoms with Gasteiger partial charge in [0.15, 0.2) is 11.4 Å². The zero-order chi connectivity index (χ0) is 17.5. The van der Waals surface area contributed by atoms with Gasteiger partial charge in [0.05, 0.1) is 44.0 Å². The van der Waals surface area contributed by atoms with Gasteiger partial charge in [-0.1, -0.05) is 0 Å². The Morgan fingerprint density at radius 3 is 3.27 bits per heavy atom. The minimum atomic E-state index is -0.0802. The molecule has 1 saturated heterocycles. The third-order valence-electron chi connectivity index (χ3n) is 5.19. The van der Waals surface area contributed by atoms with Crippen molar-refractivity contribution < 1.29 is 9.15 Å². The number of furan rings is 1. The van der Waals surface area contributed by atoms with E-state index < -0.39 is 0 Å². The van der Waals surface area contributed by atoms with E-state index in [1.54, 1.807) is 23.2 Å². The Balaban J connectivity index is 1.47. The lowest BCUT2D eigenvalue weighted by Gasteiger charge is -2.26. The zero-order valence-corrected chi connectivity index (χ0v) is 14.3. The maximum Gasteiger partial charge on any atom is 0.267 e. The summed E-state index contributed by atoms with van der Waals surface area (Å²) in [7, 11) is 0. The molecule has 0 N–H and O–H groups in total. The lowest BCUT2D eigenvalue weighted by atomic mass is 10.1. The monoisotopic (exact) mass is 353 g/mol. The second-order valence-corrected chi connectivity index (χ2v) is 6.80. The Morgan fingerprint density at radius 1 is 1.35 bits per heavy atom. The molecule has 0 radical (unpaired) electrons. The van der Waals surface area contributed by atoms with E-state index in [1.807, 2.05) is 6.07 Å². The van der Waals surface area contributed by atoms with E-state index in [9.17, 15) is 4.79 Å². The molecule has 1 unspecified atom stereocenters. The second-order valence-electron chi connectivity index (χ2n) is 6.80. The lowest BCUT2D eigenvalue weighted by Crippen LogP contribution is -2.38. The van der Waals surface area contributed by atoms with Crippen LogP contribution in [-0.2, 0) is 24.3 Å². The smallest absolute Gasteiger partial charge is 0.267 e. The maximum absolute atomic E-state index is 12.5. The molecule has 8 heteroatoms. The van der Waals surface area contributed by atoms with Crippen molar-refractivity contribution in [3.8, 4) is 0 Å². The van der Waals surface area contributed by atoms with Gasteiger partial charge in [-0.25, -0.2) is 4.68 Å². The van der Waals surface area contributed by atoms with Crippen LogP contribution in [0.4, 0.5) is 5.82 Å². The van der Waals surface area contributed by atoms with Crippen LogP contribution in [0.25, 0.3) is 11.0 Å². The predicted octanol–water partition coefficient (Wildman–Crippen LogP) is 1.52. The number of hydrogen-bond acceptors (Lipinski definition) is 7. The van der Waals surface area contributed by atoms with Crippen molar-refractivity contribution in [1.82, 2.24) is 20.0 Å². The summed E-state index contributed by atoms with van der Waals surface area (Å²) in [6.07, 6.45) is 6.12. The van der Waals surface area contributed by atoms with Crippen LogP contribution in [0.5, 0.6) is 0 Å². The molecule has 26 heavy (non-hydrogen) atoms. The molecule has 5 heterocycles. The third kappa shape index (κ3) is 2.57. The molecule has 0 aliphatic carbocycles. The first-order chi connectivity index (χ1) is 12.8. The van der Waals surface area contributed by atoms with Gasteiger partial charge in [-0.2, -0.15) is 10.2 Å². The minimum absolute atomic E-state index is 0.0802. The first kappa shape index (κ1) is 15.5. The van der Waals surface area contributed by atoms with Gasteiger partial charge in [0.1, 0.15) is 0 Å². The second kappa shape index (κ2) is 6.21. The van der Waals surface area contributed by atoms with Gasteiger partial charge >= 0.3 is 0 Å².